The molecule has 2 N–H and O–H groups in total. The SMILES string of the molecule is CC(=O)CC(=O)N1C2CC[C@H]1CC(C(N)Cc1cc(F)c(F)cc1F)C2.CC1CCCCC1. The Morgan fingerprint density at radius 3 is 2.06 bits per heavy atom. The van der Waals surface area contributed by atoms with Gasteiger partial charge in [0.15, 0.2) is 11.6 Å². The van der Waals surface area contributed by atoms with Crippen molar-refractivity contribution < 1.29 is 22.8 Å². The quantitative estimate of drug-likeness (QED) is 0.473. The molecular formula is C26H37F3N2O2. The number of benzene rings is 1. The normalized spacial score (nSPS) is 25.9. The largest absolute Gasteiger partial charge is 0.336 e. The molecule has 3 unspecified atom stereocenters. The van der Waals surface area contributed by atoms with Crippen molar-refractivity contribution in [2.75, 3.05) is 0 Å². The number of carbonyl (C=O) groups excluding carboxylic acids is 2. The van der Waals surface area contributed by atoms with Gasteiger partial charge in [0, 0.05) is 24.2 Å². The van der Waals surface area contributed by atoms with Gasteiger partial charge in [-0.05, 0) is 62.5 Å². The number of fused-ring (bicyclic) bond motifs is 2. The van der Waals surface area contributed by atoms with E-state index >= 15 is 0 Å². The highest BCUT2D eigenvalue weighted by Gasteiger charge is 2.44. The van der Waals surface area contributed by atoms with E-state index < -0.39 is 23.5 Å². The van der Waals surface area contributed by atoms with Crippen molar-refractivity contribution in [3.05, 3.63) is 35.1 Å². The van der Waals surface area contributed by atoms with Crippen LogP contribution in [0.3, 0.4) is 0 Å². The van der Waals surface area contributed by atoms with E-state index in [9.17, 15) is 22.8 Å². The van der Waals surface area contributed by atoms with Crippen molar-refractivity contribution >= 4 is 11.7 Å². The van der Waals surface area contributed by atoms with E-state index in [0.29, 0.717) is 18.9 Å². The first-order valence-corrected chi connectivity index (χ1v) is 12.3. The van der Waals surface area contributed by atoms with E-state index in [-0.39, 0.29) is 48.1 Å². The number of Topliss-reactive ketones (excluding diaryl/α,β-unsaturated/α-hetero) is 1. The number of ketones is 1. The molecule has 1 amide bonds. The Morgan fingerprint density at radius 1 is 0.970 bits per heavy atom. The van der Waals surface area contributed by atoms with Crippen LogP contribution in [-0.2, 0) is 16.0 Å². The number of rotatable bonds is 5. The average molecular weight is 467 g/mol. The molecule has 0 radical (unpaired) electrons. The summed E-state index contributed by atoms with van der Waals surface area (Å²) in [6, 6.07) is 1.11. The van der Waals surface area contributed by atoms with Gasteiger partial charge in [-0.3, -0.25) is 9.59 Å². The van der Waals surface area contributed by atoms with E-state index in [1.165, 1.54) is 39.0 Å². The van der Waals surface area contributed by atoms with Crippen molar-refractivity contribution in [3.63, 3.8) is 0 Å². The average Bonchev–Trinajstić information content (AvgIpc) is 3.02. The molecule has 4 atom stereocenters. The van der Waals surface area contributed by atoms with Crippen molar-refractivity contribution in [2.24, 2.45) is 17.6 Å². The maximum Gasteiger partial charge on any atom is 0.230 e. The second-order valence-corrected chi connectivity index (χ2v) is 10.3. The molecule has 4 rings (SSSR count). The van der Waals surface area contributed by atoms with Crippen LogP contribution in [0.2, 0.25) is 0 Å². The number of hydrogen-bond donors (Lipinski definition) is 1. The molecule has 184 valence electrons. The summed E-state index contributed by atoms with van der Waals surface area (Å²) >= 11 is 0. The number of hydrogen-bond acceptors (Lipinski definition) is 3. The molecule has 2 aliphatic heterocycles. The van der Waals surface area contributed by atoms with Crippen LogP contribution in [0, 0.1) is 29.3 Å². The summed E-state index contributed by atoms with van der Waals surface area (Å²) in [5.74, 6) is -2.27. The van der Waals surface area contributed by atoms with Crippen molar-refractivity contribution in [1.29, 1.82) is 0 Å². The van der Waals surface area contributed by atoms with Crippen molar-refractivity contribution in [1.82, 2.24) is 4.90 Å². The Morgan fingerprint density at radius 2 is 1.55 bits per heavy atom. The van der Waals surface area contributed by atoms with Crippen LogP contribution in [0.15, 0.2) is 12.1 Å². The monoisotopic (exact) mass is 466 g/mol. The molecule has 1 aromatic carbocycles. The first kappa shape index (κ1) is 25.7. The van der Waals surface area contributed by atoms with Gasteiger partial charge >= 0.3 is 0 Å². The van der Waals surface area contributed by atoms with Gasteiger partial charge < -0.3 is 10.6 Å². The summed E-state index contributed by atoms with van der Waals surface area (Å²) in [5.41, 5.74) is 6.32. The predicted octanol–water partition coefficient (Wildman–Crippen LogP) is 5.31. The number of nitrogens with zero attached hydrogens (tertiary/aromatic N) is 1. The minimum absolute atomic E-state index is 0.0476. The zero-order chi connectivity index (χ0) is 24.1. The van der Waals surface area contributed by atoms with Crippen molar-refractivity contribution in [3.8, 4) is 0 Å². The fraction of sp³-hybridized carbons (Fsp3) is 0.692. The number of piperidine rings is 1. The number of halogens is 3. The van der Waals surface area contributed by atoms with Crippen LogP contribution in [-0.4, -0.2) is 34.7 Å². The lowest BCUT2D eigenvalue weighted by Crippen LogP contribution is -2.50. The minimum Gasteiger partial charge on any atom is -0.336 e. The third-order valence-corrected chi connectivity index (χ3v) is 7.50. The molecule has 3 aliphatic rings. The number of nitrogens with two attached hydrogens (primary N) is 1. The standard InChI is InChI=1S/C19H23F3N2O2.C7H14/c1-10(25)4-19(26)24-13-2-3-14(24)6-12(5-13)18(23)8-11-7-16(21)17(22)9-15(11)20;1-7-5-3-2-4-6-7/h7,9,12-14,18H,2-6,8,23H2,1H3;7H,2-6H2,1H3/t12?,13-,14?,18?;/m0./s1. The van der Waals surface area contributed by atoms with Crippen LogP contribution < -0.4 is 5.73 Å². The molecule has 33 heavy (non-hydrogen) atoms. The lowest BCUT2D eigenvalue weighted by Gasteiger charge is -2.41. The smallest absolute Gasteiger partial charge is 0.230 e. The van der Waals surface area contributed by atoms with Gasteiger partial charge in [0.05, 0.1) is 6.42 Å². The number of carbonyl (C=O) groups is 2. The highest BCUT2D eigenvalue weighted by atomic mass is 19.2. The topological polar surface area (TPSA) is 63.4 Å². The molecule has 3 fully saturated rings. The van der Waals surface area contributed by atoms with Crippen LogP contribution >= 0.6 is 0 Å². The predicted molar refractivity (Wildman–Crippen MR) is 122 cm³/mol. The van der Waals surface area contributed by atoms with E-state index in [2.05, 4.69) is 6.92 Å². The third kappa shape index (κ3) is 6.81. The Labute approximate surface area is 195 Å². The zero-order valence-electron chi connectivity index (χ0n) is 19.8. The van der Waals surface area contributed by atoms with E-state index in [1.807, 2.05) is 4.90 Å². The van der Waals surface area contributed by atoms with Gasteiger partial charge in [-0.15, -0.1) is 0 Å². The van der Waals surface area contributed by atoms with E-state index in [4.69, 9.17) is 5.73 Å². The van der Waals surface area contributed by atoms with Crippen molar-refractivity contribution in [2.45, 2.75) is 103 Å². The molecule has 1 saturated carbocycles. The summed E-state index contributed by atoms with van der Waals surface area (Å²) in [6.45, 7) is 3.76. The van der Waals surface area contributed by atoms with Gasteiger partial charge in [0.2, 0.25) is 5.91 Å². The molecule has 4 nitrogen and oxygen atoms in total. The molecule has 7 heteroatoms. The maximum absolute atomic E-state index is 13.9. The van der Waals surface area contributed by atoms with Crippen LogP contribution in [0.4, 0.5) is 13.2 Å². The second kappa shape index (κ2) is 11.5. The fourth-order valence-electron chi connectivity index (χ4n) is 5.73. The molecule has 2 bridgehead atoms. The Hall–Kier alpha value is -1.89. The molecular weight excluding hydrogens is 429 g/mol. The Balaban J connectivity index is 0.000000374. The van der Waals surface area contributed by atoms with Gasteiger partial charge in [-0.2, -0.15) is 0 Å². The lowest BCUT2D eigenvalue weighted by molar-refractivity contribution is -0.139. The molecule has 0 aromatic heterocycles. The van der Waals surface area contributed by atoms with Crippen LogP contribution in [0.1, 0.15) is 83.6 Å². The Bertz CT molecular complexity index is 827. The first-order chi connectivity index (χ1) is 15.7. The maximum atomic E-state index is 13.9. The van der Waals surface area contributed by atoms with Crippen LogP contribution in [0.5, 0.6) is 0 Å². The van der Waals surface area contributed by atoms with Gasteiger partial charge in [-0.25, -0.2) is 13.2 Å². The van der Waals surface area contributed by atoms with Gasteiger partial charge in [0.25, 0.3) is 0 Å². The number of amides is 1. The Kier molecular flexibility index (Phi) is 8.96. The minimum atomic E-state index is -1.21. The molecule has 1 aliphatic carbocycles. The highest BCUT2D eigenvalue weighted by molar-refractivity contribution is 5.97. The zero-order valence-corrected chi connectivity index (χ0v) is 19.8. The molecule has 2 heterocycles. The summed E-state index contributed by atoms with van der Waals surface area (Å²) in [7, 11) is 0. The second-order valence-electron chi connectivity index (χ2n) is 10.3. The van der Waals surface area contributed by atoms with E-state index in [1.54, 1.807) is 0 Å². The van der Waals surface area contributed by atoms with Gasteiger partial charge in [0.1, 0.15) is 11.6 Å². The molecule has 0 spiro atoms. The highest BCUT2D eigenvalue weighted by Crippen LogP contribution is 2.40. The summed E-state index contributed by atoms with van der Waals surface area (Å²) in [6.07, 6.45) is 10.6. The first-order valence-electron chi connectivity index (χ1n) is 12.3. The summed E-state index contributed by atoms with van der Waals surface area (Å²) < 4.78 is 40.3. The van der Waals surface area contributed by atoms with Gasteiger partial charge in [-0.1, -0.05) is 39.0 Å². The van der Waals surface area contributed by atoms with E-state index in [0.717, 1.165) is 24.8 Å². The summed E-state index contributed by atoms with van der Waals surface area (Å²) in [4.78, 5) is 25.3. The lowest BCUT2D eigenvalue weighted by atomic mass is 9.82. The third-order valence-electron chi connectivity index (χ3n) is 7.50. The molecule has 2 saturated heterocycles. The van der Waals surface area contributed by atoms with Crippen LogP contribution in [0.25, 0.3) is 0 Å². The molecule has 1 aromatic rings. The fourth-order valence-corrected chi connectivity index (χ4v) is 5.73. The summed E-state index contributed by atoms with van der Waals surface area (Å²) in [5, 5.41) is 0.